The lowest BCUT2D eigenvalue weighted by Gasteiger charge is -2.32. The van der Waals surface area contributed by atoms with Crippen LogP contribution in [0.2, 0.25) is 0 Å². The van der Waals surface area contributed by atoms with Crippen LogP contribution in [0.4, 0.5) is 0 Å². The van der Waals surface area contributed by atoms with Gasteiger partial charge in [0.2, 0.25) is 0 Å². The first-order chi connectivity index (χ1) is 10.1. The molecule has 1 aliphatic rings. The molecule has 2 atom stereocenters. The molecular weight excluding hydrogens is 256 g/mol. The molecule has 0 spiro atoms. The fourth-order valence-corrected chi connectivity index (χ4v) is 3.76. The smallest absolute Gasteiger partial charge is 0.0705 e. The minimum Gasteiger partial charge on any atom is -0.310 e. The number of aromatic nitrogens is 1. The number of rotatable bonds is 3. The Bertz CT molecular complexity index is 610. The first-order valence-electron chi connectivity index (χ1n) is 8.20. The van der Waals surface area contributed by atoms with E-state index < -0.39 is 0 Å². The summed E-state index contributed by atoms with van der Waals surface area (Å²) in [5.41, 5.74) is 3.54. The lowest BCUT2D eigenvalue weighted by atomic mass is 9.80. The van der Waals surface area contributed by atoms with E-state index in [-0.39, 0.29) is 0 Å². The molecular formula is C19H26N2. The van der Waals surface area contributed by atoms with E-state index in [1.165, 1.54) is 30.2 Å². The van der Waals surface area contributed by atoms with E-state index >= 15 is 0 Å². The summed E-state index contributed by atoms with van der Waals surface area (Å²) in [6.07, 6.45) is 4.02. The highest BCUT2D eigenvalue weighted by molar-refractivity contribution is 5.79. The average Bonchev–Trinajstić information content (AvgIpc) is 2.44. The molecule has 2 nitrogen and oxygen atoms in total. The average molecular weight is 282 g/mol. The van der Waals surface area contributed by atoms with Gasteiger partial charge < -0.3 is 5.32 Å². The zero-order valence-corrected chi connectivity index (χ0v) is 13.4. The van der Waals surface area contributed by atoms with Crippen LogP contribution in [0, 0.1) is 18.8 Å². The Kier molecular flexibility index (Phi) is 4.25. The molecule has 0 saturated heterocycles. The number of benzene rings is 1. The van der Waals surface area contributed by atoms with Crippen molar-refractivity contribution in [3.8, 4) is 0 Å². The number of aryl methyl sites for hydroxylation is 1. The Balaban J connectivity index is 1.66. The molecule has 1 fully saturated rings. The van der Waals surface area contributed by atoms with Gasteiger partial charge in [0, 0.05) is 23.7 Å². The van der Waals surface area contributed by atoms with E-state index in [0.29, 0.717) is 6.04 Å². The molecule has 2 unspecified atom stereocenters. The Morgan fingerprint density at radius 1 is 1.05 bits per heavy atom. The van der Waals surface area contributed by atoms with E-state index in [1.807, 2.05) is 6.92 Å². The number of pyridine rings is 1. The van der Waals surface area contributed by atoms with Crippen molar-refractivity contribution < 1.29 is 0 Å². The topological polar surface area (TPSA) is 24.9 Å². The quantitative estimate of drug-likeness (QED) is 0.899. The van der Waals surface area contributed by atoms with Crippen molar-refractivity contribution in [1.82, 2.24) is 10.3 Å². The summed E-state index contributed by atoms with van der Waals surface area (Å²) in [6.45, 7) is 7.77. The van der Waals surface area contributed by atoms with Crippen LogP contribution in [-0.2, 0) is 6.54 Å². The first-order valence-corrected chi connectivity index (χ1v) is 8.20. The van der Waals surface area contributed by atoms with Crippen LogP contribution in [0.1, 0.15) is 44.4 Å². The lowest BCUT2D eigenvalue weighted by molar-refractivity contribution is 0.238. The first kappa shape index (κ1) is 14.5. The van der Waals surface area contributed by atoms with E-state index in [4.69, 9.17) is 0 Å². The van der Waals surface area contributed by atoms with Crippen molar-refractivity contribution in [2.75, 3.05) is 0 Å². The lowest BCUT2D eigenvalue weighted by Crippen LogP contribution is -2.35. The summed E-state index contributed by atoms with van der Waals surface area (Å²) >= 11 is 0. The third-order valence-corrected chi connectivity index (χ3v) is 4.67. The van der Waals surface area contributed by atoms with Gasteiger partial charge in [-0.05, 0) is 61.8 Å². The molecule has 21 heavy (non-hydrogen) atoms. The van der Waals surface area contributed by atoms with Crippen molar-refractivity contribution in [3.63, 3.8) is 0 Å². The molecule has 3 rings (SSSR count). The van der Waals surface area contributed by atoms with Gasteiger partial charge in [-0.3, -0.25) is 4.98 Å². The SMILES string of the molecule is Cc1ccc2cc(CNC3CC(C)CC(C)C3)ccc2n1. The van der Waals surface area contributed by atoms with Gasteiger partial charge in [-0.2, -0.15) is 0 Å². The van der Waals surface area contributed by atoms with Crippen LogP contribution in [0.25, 0.3) is 10.9 Å². The zero-order valence-electron chi connectivity index (χ0n) is 13.4. The van der Waals surface area contributed by atoms with E-state index in [9.17, 15) is 0 Å². The van der Waals surface area contributed by atoms with Crippen LogP contribution in [0.15, 0.2) is 30.3 Å². The molecule has 0 bridgehead atoms. The molecule has 1 saturated carbocycles. The number of hydrogen-bond donors (Lipinski definition) is 1. The fraction of sp³-hybridized carbons (Fsp3) is 0.526. The van der Waals surface area contributed by atoms with Crippen molar-refractivity contribution in [3.05, 3.63) is 41.6 Å². The normalized spacial score (nSPS) is 26.1. The highest BCUT2D eigenvalue weighted by atomic mass is 14.9. The molecule has 112 valence electrons. The molecule has 1 aromatic carbocycles. The second-order valence-electron chi connectivity index (χ2n) is 6.97. The number of fused-ring (bicyclic) bond motifs is 1. The minimum absolute atomic E-state index is 0.676. The minimum atomic E-state index is 0.676. The Labute approximate surface area is 128 Å². The molecule has 2 heteroatoms. The predicted octanol–water partition coefficient (Wildman–Crippen LogP) is 4.46. The van der Waals surface area contributed by atoms with Crippen LogP contribution in [0.3, 0.4) is 0 Å². The predicted molar refractivity (Wildman–Crippen MR) is 89.3 cm³/mol. The number of nitrogens with one attached hydrogen (secondary N) is 1. The summed E-state index contributed by atoms with van der Waals surface area (Å²) in [4.78, 5) is 4.57. The molecule has 2 aromatic rings. The largest absolute Gasteiger partial charge is 0.310 e. The molecule has 0 aliphatic heterocycles. The highest BCUT2D eigenvalue weighted by Gasteiger charge is 2.23. The molecule has 1 N–H and O–H groups in total. The number of hydrogen-bond acceptors (Lipinski definition) is 2. The monoisotopic (exact) mass is 282 g/mol. The Morgan fingerprint density at radius 2 is 1.81 bits per heavy atom. The van der Waals surface area contributed by atoms with Crippen molar-refractivity contribution in [2.24, 2.45) is 11.8 Å². The highest BCUT2D eigenvalue weighted by Crippen LogP contribution is 2.28. The third kappa shape index (κ3) is 3.62. The van der Waals surface area contributed by atoms with Gasteiger partial charge >= 0.3 is 0 Å². The standard InChI is InChI=1S/C19H26N2/c1-13-8-14(2)10-18(9-13)20-12-16-5-7-19-17(11-16)6-4-15(3)21-19/h4-7,11,13-14,18,20H,8-10,12H2,1-3H3. The number of nitrogens with zero attached hydrogens (tertiary/aromatic N) is 1. The second kappa shape index (κ2) is 6.15. The summed E-state index contributed by atoms with van der Waals surface area (Å²) < 4.78 is 0. The zero-order chi connectivity index (χ0) is 14.8. The van der Waals surface area contributed by atoms with Gasteiger partial charge in [-0.25, -0.2) is 0 Å². The Morgan fingerprint density at radius 3 is 2.57 bits per heavy atom. The molecule has 0 radical (unpaired) electrons. The van der Waals surface area contributed by atoms with E-state index in [2.05, 4.69) is 54.5 Å². The van der Waals surface area contributed by atoms with E-state index in [1.54, 1.807) is 0 Å². The van der Waals surface area contributed by atoms with Crippen LogP contribution in [0.5, 0.6) is 0 Å². The van der Waals surface area contributed by atoms with Crippen LogP contribution < -0.4 is 5.32 Å². The molecule has 1 heterocycles. The van der Waals surface area contributed by atoms with Crippen LogP contribution >= 0.6 is 0 Å². The fourth-order valence-electron chi connectivity index (χ4n) is 3.76. The molecule has 1 aliphatic carbocycles. The van der Waals surface area contributed by atoms with Crippen molar-refractivity contribution >= 4 is 10.9 Å². The molecule has 1 aromatic heterocycles. The van der Waals surface area contributed by atoms with Gasteiger partial charge in [0.15, 0.2) is 0 Å². The maximum absolute atomic E-state index is 4.57. The third-order valence-electron chi connectivity index (χ3n) is 4.67. The summed E-state index contributed by atoms with van der Waals surface area (Å²) in [6, 6.07) is 11.6. The summed E-state index contributed by atoms with van der Waals surface area (Å²) in [7, 11) is 0. The van der Waals surface area contributed by atoms with Gasteiger partial charge in [-0.1, -0.05) is 26.0 Å². The van der Waals surface area contributed by atoms with E-state index in [0.717, 1.165) is 29.6 Å². The van der Waals surface area contributed by atoms with Crippen molar-refractivity contribution in [2.45, 2.75) is 52.6 Å². The second-order valence-corrected chi connectivity index (χ2v) is 6.97. The van der Waals surface area contributed by atoms with Gasteiger partial charge in [0.25, 0.3) is 0 Å². The van der Waals surface area contributed by atoms with Gasteiger partial charge in [-0.15, -0.1) is 0 Å². The maximum atomic E-state index is 4.57. The maximum Gasteiger partial charge on any atom is 0.0705 e. The Hall–Kier alpha value is -1.41. The van der Waals surface area contributed by atoms with Crippen LogP contribution in [-0.4, -0.2) is 11.0 Å². The van der Waals surface area contributed by atoms with Gasteiger partial charge in [0.05, 0.1) is 5.52 Å². The van der Waals surface area contributed by atoms with Crippen molar-refractivity contribution in [1.29, 1.82) is 0 Å². The molecule has 0 amide bonds. The summed E-state index contributed by atoms with van der Waals surface area (Å²) in [5, 5.41) is 5.00. The summed E-state index contributed by atoms with van der Waals surface area (Å²) in [5.74, 6) is 1.71. The van der Waals surface area contributed by atoms with Gasteiger partial charge in [0.1, 0.15) is 0 Å².